The minimum absolute atomic E-state index is 0.808. The smallest absolute Gasteiger partial charge is 0.104 e. The number of benzene rings is 1. The first-order valence-electron chi connectivity index (χ1n) is 11.5. The van der Waals surface area contributed by atoms with Gasteiger partial charge in [-0.2, -0.15) is 0 Å². The molecule has 1 aromatic rings. The van der Waals surface area contributed by atoms with Crippen molar-refractivity contribution in [1.82, 2.24) is 0 Å². The number of unbranched alkanes of at least 4 members (excludes halogenated alkanes) is 9. The van der Waals surface area contributed by atoms with E-state index in [1.54, 1.807) is 0 Å². The Labute approximate surface area is 164 Å². The van der Waals surface area contributed by atoms with Crippen molar-refractivity contribution in [3.05, 3.63) is 35.9 Å². The maximum atomic E-state index is 2.46. The molecule has 0 spiro atoms. The molecule has 1 rings (SSSR count). The van der Waals surface area contributed by atoms with E-state index in [2.05, 4.69) is 58.3 Å². The van der Waals surface area contributed by atoms with E-state index < -0.39 is 0 Å². The molecule has 0 radical (unpaired) electrons. The number of nitrogens with zero attached hydrogens (tertiary/aromatic N) is 1. The molecule has 0 aliphatic rings. The molecule has 0 aliphatic heterocycles. The molecular weight excluding hydrogens is 314 g/mol. The van der Waals surface area contributed by atoms with Crippen LogP contribution in [0.1, 0.15) is 103 Å². The van der Waals surface area contributed by atoms with Crippen LogP contribution in [0.25, 0.3) is 0 Å². The standard InChI is InChI=1S/C25H46N/c1-5-7-9-11-12-13-18-22-25(21-17-10-8-6-2)26(3,4)23-24-19-15-14-16-20-24/h14-16,19-20,25H,5-13,17-18,21-23H2,1-4H3/q+1. The molecule has 1 atom stereocenters. The first-order valence-corrected chi connectivity index (χ1v) is 11.5. The molecule has 0 saturated carbocycles. The Bertz CT molecular complexity index is 423. The predicted octanol–water partition coefficient (Wildman–Crippen LogP) is 7.74. The molecule has 0 heterocycles. The highest BCUT2D eigenvalue weighted by Crippen LogP contribution is 2.24. The molecule has 1 heteroatoms. The second-order valence-electron chi connectivity index (χ2n) is 8.84. The minimum atomic E-state index is 0.808. The van der Waals surface area contributed by atoms with Crippen molar-refractivity contribution in [2.24, 2.45) is 0 Å². The van der Waals surface area contributed by atoms with E-state index in [0.717, 1.165) is 17.1 Å². The molecule has 0 N–H and O–H groups in total. The zero-order chi connectivity index (χ0) is 19.1. The van der Waals surface area contributed by atoms with Crippen LogP contribution in [0.3, 0.4) is 0 Å². The van der Waals surface area contributed by atoms with Crippen LogP contribution in [0.15, 0.2) is 30.3 Å². The third kappa shape index (κ3) is 10.4. The van der Waals surface area contributed by atoms with Gasteiger partial charge in [0, 0.05) is 5.56 Å². The second kappa shape index (κ2) is 14.3. The van der Waals surface area contributed by atoms with E-state index in [0.29, 0.717) is 0 Å². The zero-order valence-corrected chi connectivity index (χ0v) is 18.3. The van der Waals surface area contributed by atoms with Crippen LogP contribution in [0.4, 0.5) is 0 Å². The number of hydrogen-bond acceptors (Lipinski definition) is 0. The van der Waals surface area contributed by atoms with Crippen molar-refractivity contribution < 1.29 is 4.48 Å². The summed E-state index contributed by atoms with van der Waals surface area (Å²) in [6.45, 7) is 5.77. The molecule has 150 valence electrons. The van der Waals surface area contributed by atoms with Gasteiger partial charge in [-0.3, -0.25) is 0 Å². The Hall–Kier alpha value is -0.820. The average molecular weight is 361 g/mol. The average Bonchev–Trinajstić information content (AvgIpc) is 2.63. The summed E-state index contributed by atoms with van der Waals surface area (Å²) in [5.74, 6) is 0. The van der Waals surface area contributed by atoms with Crippen molar-refractivity contribution in [2.45, 2.75) is 110 Å². The maximum Gasteiger partial charge on any atom is 0.104 e. The lowest BCUT2D eigenvalue weighted by Crippen LogP contribution is -2.48. The summed E-state index contributed by atoms with van der Waals surface area (Å²) < 4.78 is 1.14. The summed E-state index contributed by atoms with van der Waals surface area (Å²) in [7, 11) is 4.91. The van der Waals surface area contributed by atoms with Gasteiger partial charge in [0.25, 0.3) is 0 Å². The molecule has 0 fully saturated rings. The number of rotatable bonds is 16. The van der Waals surface area contributed by atoms with Crippen LogP contribution in [-0.4, -0.2) is 24.6 Å². The summed E-state index contributed by atoms with van der Waals surface area (Å²) in [6, 6.07) is 11.9. The third-order valence-electron chi connectivity index (χ3n) is 5.95. The lowest BCUT2D eigenvalue weighted by Gasteiger charge is -2.39. The van der Waals surface area contributed by atoms with Crippen molar-refractivity contribution in [1.29, 1.82) is 0 Å². The van der Waals surface area contributed by atoms with E-state index in [1.165, 1.54) is 89.0 Å². The summed E-state index contributed by atoms with van der Waals surface area (Å²) in [5.41, 5.74) is 1.48. The van der Waals surface area contributed by atoms with Gasteiger partial charge in [0.15, 0.2) is 0 Å². The first kappa shape index (κ1) is 23.2. The largest absolute Gasteiger partial charge is 0.322 e. The van der Waals surface area contributed by atoms with Gasteiger partial charge in [-0.05, 0) is 25.7 Å². The van der Waals surface area contributed by atoms with Gasteiger partial charge in [0.2, 0.25) is 0 Å². The van der Waals surface area contributed by atoms with Gasteiger partial charge in [0.1, 0.15) is 6.54 Å². The van der Waals surface area contributed by atoms with Crippen LogP contribution < -0.4 is 0 Å². The minimum Gasteiger partial charge on any atom is -0.322 e. The predicted molar refractivity (Wildman–Crippen MR) is 117 cm³/mol. The van der Waals surface area contributed by atoms with Crippen LogP contribution in [0, 0.1) is 0 Å². The molecule has 0 bridgehead atoms. The van der Waals surface area contributed by atoms with E-state index in [-0.39, 0.29) is 0 Å². The van der Waals surface area contributed by atoms with Crippen molar-refractivity contribution in [3.63, 3.8) is 0 Å². The fourth-order valence-electron chi connectivity index (χ4n) is 4.17. The summed E-state index contributed by atoms with van der Waals surface area (Å²) in [4.78, 5) is 0. The third-order valence-corrected chi connectivity index (χ3v) is 5.95. The van der Waals surface area contributed by atoms with Gasteiger partial charge < -0.3 is 4.48 Å². The molecule has 0 aliphatic carbocycles. The van der Waals surface area contributed by atoms with Gasteiger partial charge in [0.05, 0.1) is 20.1 Å². The molecular formula is C25H46N+. The Morgan fingerprint density at radius 2 is 1.12 bits per heavy atom. The number of hydrogen-bond donors (Lipinski definition) is 0. The SMILES string of the molecule is CCCCCCCCCC(CCCCCC)[N+](C)(C)Cc1ccccc1. The number of quaternary nitrogens is 1. The van der Waals surface area contributed by atoms with Crippen LogP contribution in [0.2, 0.25) is 0 Å². The van der Waals surface area contributed by atoms with Crippen molar-refractivity contribution >= 4 is 0 Å². The van der Waals surface area contributed by atoms with Gasteiger partial charge in [-0.15, -0.1) is 0 Å². The normalized spacial score (nSPS) is 13.1. The maximum absolute atomic E-state index is 2.46. The fourth-order valence-corrected chi connectivity index (χ4v) is 4.17. The van der Waals surface area contributed by atoms with Gasteiger partial charge in [-0.1, -0.05) is 102 Å². The molecule has 26 heavy (non-hydrogen) atoms. The van der Waals surface area contributed by atoms with Crippen molar-refractivity contribution in [2.75, 3.05) is 14.1 Å². The highest BCUT2D eigenvalue weighted by Gasteiger charge is 2.27. The van der Waals surface area contributed by atoms with Crippen molar-refractivity contribution in [3.8, 4) is 0 Å². The second-order valence-corrected chi connectivity index (χ2v) is 8.84. The topological polar surface area (TPSA) is 0 Å². The highest BCUT2D eigenvalue weighted by molar-refractivity contribution is 5.13. The molecule has 0 amide bonds. The Morgan fingerprint density at radius 1 is 0.654 bits per heavy atom. The Balaban J connectivity index is 2.47. The lowest BCUT2D eigenvalue weighted by atomic mass is 9.97. The zero-order valence-electron chi connectivity index (χ0n) is 18.3. The van der Waals surface area contributed by atoms with E-state index in [1.807, 2.05) is 0 Å². The first-order chi connectivity index (χ1) is 12.6. The summed E-state index contributed by atoms with van der Waals surface area (Å²) in [6.07, 6.45) is 18.3. The molecule has 1 aromatic carbocycles. The van der Waals surface area contributed by atoms with Crippen LogP contribution >= 0.6 is 0 Å². The lowest BCUT2D eigenvalue weighted by molar-refractivity contribution is -0.928. The molecule has 0 saturated heterocycles. The molecule has 1 unspecified atom stereocenters. The Kier molecular flexibility index (Phi) is 12.7. The van der Waals surface area contributed by atoms with Crippen LogP contribution in [0.5, 0.6) is 0 Å². The summed E-state index contributed by atoms with van der Waals surface area (Å²) >= 11 is 0. The van der Waals surface area contributed by atoms with Crippen LogP contribution in [-0.2, 0) is 6.54 Å². The van der Waals surface area contributed by atoms with E-state index in [4.69, 9.17) is 0 Å². The summed E-state index contributed by atoms with van der Waals surface area (Å²) in [5, 5.41) is 0. The van der Waals surface area contributed by atoms with Gasteiger partial charge in [-0.25, -0.2) is 0 Å². The molecule has 1 nitrogen and oxygen atoms in total. The molecule has 0 aromatic heterocycles. The quantitative estimate of drug-likeness (QED) is 0.209. The fraction of sp³-hybridized carbons (Fsp3) is 0.760. The highest BCUT2D eigenvalue weighted by atomic mass is 15.3. The monoisotopic (exact) mass is 360 g/mol. The van der Waals surface area contributed by atoms with Gasteiger partial charge >= 0.3 is 0 Å². The van der Waals surface area contributed by atoms with E-state index in [9.17, 15) is 0 Å². The Morgan fingerprint density at radius 3 is 1.65 bits per heavy atom. The van der Waals surface area contributed by atoms with E-state index >= 15 is 0 Å².